The molecule has 2 nitrogen and oxygen atoms in total. The number of likely N-dealkylation sites (tertiary alicyclic amines) is 1. The Kier molecular flexibility index (Phi) is 5.31. The Morgan fingerprint density at radius 2 is 2.00 bits per heavy atom. The van der Waals surface area contributed by atoms with E-state index in [9.17, 15) is 0 Å². The molecule has 100 valence electrons. The van der Waals surface area contributed by atoms with Gasteiger partial charge in [-0.1, -0.05) is 29.3 Å². The molecule has 2 rings (SSSR count). The number of rotatable bonds is 4. The summed E-state index contributed by atoms with van der Waals surface area (Å²) in [6.45, 7) is 3.87. The molecule has 1 aliphatic rings. The molecule has 1 fully saturated rings. The fourth-order valence-corrected chi connectivity index (χ4v) is 3.19. The monoisotopic (exact) mass is 286 g/mol. The molecular formula is C14H20Cl2N2. The molecule has 18 heavy (non-hydrogen) atoms. The standard InChI is InChI=1S/C14H20Cl2N2/c15-13-4-1-5-14(16)12(13)10-18-8-2-3-11(9-18)6-7-17/h1,4-5,11H,2-3,6-10,17H2. The summed E-state index contributed by atoms with van der Waals surface area (Å²) in [5, 5.41) is 1.53. The highest BCUT2D eigenvalue weighted by Crippen LogP contribution is 2.28. The summed E-state index contributed by atoms with van der Waals surface area (Å²) >= 11 is 12.4. The summed E-state index contributed by atoms with van der Waals surface area (Å²) in [7, 11) is 0. The van der Waals surface area contributed by atoms with Crippen molar-refractivity contribution in [2.45, 2.75) is 25.8 Å². The maximum atomic E-state index is 6.22. The second-order valence-electron chi connectivity index (χ2n) is 5.02. The van der Waals surface area contributed by atoms with Gasteiger partial charge in [0.25, 0.3) is 0 Å². The van der Waals surface area contributed by atoms with Crippen LogP contribution in [0.4, 0.5) is 0 Å². The van der Waals surface area contributed by atoms with E-state index in [1.54, 1.807) is 0 Å². The highest BCUT2D eigenvalue weighted by molar-refractivity contribution is 6.35. The average Bonchev–Trinajstić information content (AvgIpc) is 2.35. The van der Waals surface area contributed by atoms with Gasteiger partial charge < -0.3 is 5.73 Å². The first-order valence-corrected chi connectivity index (χ1v) is 7.31. The molecule has 4 heteroatoms. The molecule has 0 bridgehead atoms. The van der Waals surface area contributed by atoms with Crippen molar-refractivity contribution in [2.24, 2.45) is 11.7 Å². The van der Waals surface area contributed by atoms with E-state index in [4.69, 9.17) is 28.9 Å². The Morgan fingerprint density at radius 3 is 2.67 bits per heavy atom. The topological polar surface area (TPSA) is 29.3 Å². The number of piperidine rings is 1. The number of hydrogen-bond donors (Lipinski definition) is 1. The zero-order valence-corrected chi connectivity index (χ0v) is 12.1. The summed E-state index contributed by atoms with van der Waals surface area (Å²) < 4.78 is 0. The van der Waals surface area contributed by atoms with Crippen molar-refractivity contribution in [3.05, 3.63) is 33.8 Å². The van der Waals surface area contributed by atoms with Crippen molar-refractivity contribution in [1.29, 1.82) is 0 Å². The first-order valence-electron chi connectivity index (χ1n) is 6.56. The lowest BCUT2D eigenvalue weighted by atomic mass is 9.94. The summed E-state index contributed by atoms with van der Waals surface area (Å²) in [5.41, 5.74) is 6.70. The van der Waals surface area contributed by atoms with E-state index < -0.39 is 0 Å². The van der Waals surface area contributed by atoms with E-state index in [-0.39, 0.29) is 0 Å². The average molecular weight is 287 g/mol. The van der Waals surface area contributed by atoms with Gasteiger partial charge in [0.2, 0.25) is 0 Å². The van der Waals surface area contributed by atoms with E-state index in [1.807, 2.05) is 18.2 Å². The minimum atomic E-state index is 0.727. The predicted octanol–water partition coefficient (Wildman–Crippen LogP) is 3.55. The third kappa shape index (κ3) is 3.61. The molecule has 2 N–H and O–H groups in total. The third-order valence-electron chi connectivity index (χ3n) is 3.62. The third-order valence-corrected chi connectivity index (χ3v) is 4.33. The zero-order valence-electron chi connectivity index (χ0n) is 10.5. The largest absolute Gasteiger partial charge is 0.330 e. The van der Waals surface area contributed by atoms with Crippen LogP contribution >= 0.6 is 23.2 Å². The molecule has 1 aromatic carbocycles. The van der Waals surface area contributed by atoms with Crippen LogP contribution in [0.15, 0.2) is 18.2 Å². The molecular weight excluding hydrogens is 267 g/mol. The van der Waals surface area contributed by atoms with Crippen LogP contribution in [0.3, 0.4) is 0 Å². The van der Waals surface area contributed by atoms with Crippen molar-refractivity contribution in [3.8, 4) is 0 Å². The van der Waals surface area contributed by atoms with Crippen molar-refractivity contribution in [1.82, 2.24) is 4.90 Å². The van der Waals surface area contributed by atoms with Crippen LogP contribution < -0.4 is 5.73 Å². The van der Waals surface area contributed by atoms with Crippen molar-refractivity contribution < 1.29 is 0 Å². The van der Waals surface area contributed by atoms with Crippen LogP contribution in [0.1, 0.15) is 24.8 Å². The van der Waals surface area contributed by atoms with E-state index in [0.717, 1.165) is 54.1 Å². The molecule has 1 atom stereocenters. The Balaban J connectivity index is 2.00. The number of nitrogens with zero attached hydrogens (tertiary/aromatic N) is 1. The van der Waals surface area contributed by atoms with E-state index in [1.165, 1.54) is 12.8 Å². The first kappa shape index (κ1) is 14.1. The quantitative estimate of drug-likeness (QED) is 0.917. The number of halogens is 2. The SMILES string of the molecule is NCCC1CCCN(Cc2c(Cl)cccc2Cl)C1. The van der Waals surface area contributed by atoms with Gasteiger partial charge in [-0.15, -0.1) is 0 Å². The van der Waals surface area contributed by atoms with Gasteiger partial charge in [-0.3, -0.25) is 4.90 Å². The second kappa shape index (κ2) is 6.76. The molecule has 0 saturated carbocycles. The van der Waals surface area contributed by atoms with E-state index in [2.05, 4.69) is 4.90 Å². The van der Waals surface area contributed by atoms with Gasteiger partial charge in [0.05, 0.1) is 0 Å². The van der Waals surface area contributed by atoms with E-state index >= 15 is 0 Å². The van der Waals surface area contributed by atoms with Gasteiger partial charge in [0.1, 0.15) is 0 Å². The predicted molar refractivity (Wildman–Crippen MR) is 78.1 cm³/mol. The zero-order chi connectivity index (χ0) is 13.0. The number of nitrogens with two attached hydrogens (primary N) is 1. The fourth-order valence-electron chi connectivity index (χ4n) is 2.67. The van der Waals surface area contributed by atoms with Gasteiger partial charge in [0.15, 0.2) is 0 Å². The lowest BCUT2D eigenvalue weighted by Gasteiger charge is -2.33. The van der Waals surface area contributed by atoms with Crippen molar-refractivity contribution >= 4 is 23.2 Å². The fraction of sp³-hybridized carbons (Fsp3) is 0.571. The van der Waals surface area contributed by atoms with Gasteiger partial charge in [0, 0.05) is 28.7 Å². The van der Waals surface area contributed by atoms with Gasteiger partial charge in [-0.05, 0) is 50.4 Å². The maximum absolute atomic E-state index is 6.22. The molecule has 1 unspecified atom stereocenters. The van der Waals surface area contributed by atoms with Crippen molar-refractivity contribution in [3.63, 3.8) is 0 Å². The molecule has 0 aromatic heterocycles. The summed E-state index contributed by atoms with van der Waals surface area (Å²) in [4.78, 5) is 2.44. The van der Waals surface area contributed by atoms with Crippen LogP contribution in [0.25, 0.3) is 0 Å². The number of benzene rings is 1. The van der Waals surface area contributed by atoms with Crippen LogP contribution in [0, 0.1) is 5.92 Å². The summed E-state index contributed by atoms with van der Waals surface area (Å²) in [6, 6.07) is 5.70. The smallest absolute Gasteiger partial charge is 0.0465 e. The van der Waals surface area contributed by atoms with Crippen molar-refractivity contribution in [2.75, 3.05) is 19.6 Å². The van der Waals surface area contributed by atoms with Crippen LogP contribution in [0.2, 0.25) is 10.0 Å². The first-order chi connectivity index (χ1) is 8.70. The van der Waals surface area contributed by atoms with Crippen LogP contribution in [-0.4, -0.2) is 24.5 Å². The Bertz CT molecular complexity index is 373. The van der Waals surface area contributed by atoms with Crippen LogP contribution in [0.5, 0.6) is 0 Å². The van der Waals surface area contributed by atoms with E-state index in [0.29, 0.717) is 0 Å². The Hall–Kier alpha value is -0.280. The molecule has 0 aliphatic carbocycles. The van der Waals surface area contributed by atoms with Gasteiger partial charge in [-0.2, -0.15) is 0 Å². The highest BCUT2D eigenvalue weighted by Gasteiger charge is 2.20. The molecule has 0 amide bonds. The molecule has 1 aliphatic heterocycles. The Morgan fingerprint density at radius 1 is 1.28 bits per heavy atom. The molecule has 0 spiro atoms. The molecule has 1 aromatic rings. The minimum absolute atomic E-state index is 0.727. The summed E-state index contributed by atoms with van der Waals surface area (Å²) in [5.74, 6) is 0.727. The normalized spacial score (nSPS) is 21.2. The Labute approximate surface area is 119 Å². The lowest BCUT2D eigenvalue weighted by molar-refractivity contribution is 0.163. The second-order valence-corrected chi connectivity index (χ2v) is 5.84. The lowest BCUT2D eigenvalue weighted by Crippen LogP contribution is -2.35. The highest BCUT2D eigenvalue weighted by atomic mass is 35.5. The molecule has 1 saturated heterocycles. The summed E-state index contributed by atoms with van der Waals surface area (Å²) in [6.07, 6.45) is 3.66. The molecule has 0 radical (unpaired) electrons. The van der Waals surface area contributed by atoms with Gasteiger partial charge >= 0.3 is 0 Å². The molecule has 1 heterocycles. The minimum Gasteiger partial charge on any atom is -0.330 e. The maximum Gasteiger partial charge on any atom is 0.0465 e. The van der Waals surface area contributed by atoms with Gasteiger partial charge in [-0.25, -0.2) is 0 Å². The van der Waals surface area contributed by atoms with Crippen LogP contribution in [-0.2, 0) is 6.54 Å². The number of hydrogen-bond acceptors (Lipinski definition) is 2.